The van der Waals surface area contributed by atoms with E-state index in [-0.39, 0.29) is 24.1 Å². The van der Waals surface area contributed by atoms with E-state index >= 15 is 0 Å². The second-order valence-corrected chi connectivity index (χ2v) is 7.06. The van der Waals surface area contributed by atoms with Crippen molar-refractivity contribution >= 4 is 29.1 Å². The minimum atomic E-state index is -0.344. The molecule has 0 unspecified atom stereocenters. The predicted octanol–water partition coefficient (Wildman–Crippen LogP) is 4.28. The lowest BCUT2D eigenvalue weighted by Crippen LogP contribution is -2.23. The molecule has 4 rings (SSSR count). The van der Waals surface area contributed by atoms with Crippen LogP contribution in [0.1, 0.15) is 32.9 Å². The second kappa shape index (κ2) is 8.92. The number of ether oxygens (including phenoxy) is 2. The Balaban J connectivity index is 1.41. The summed E-state index contributed by atoms with van der Waals surface area (Å²) in [5, 5.41) is 5.94. The average Bonchev–Trinajstić information content (AvgIpc) is 3.18. The molecule has 2 heterocycles. The summed E-state index contributed by atoms with van der Waals surface area (Å²) in [6.45, 7) is 1.30. The number of fused-ring (bicyclic) bond motifs is 1. The summed E-state index contributed by atoms with van der Waals surface area (Å²) in [5.74, 6) is 0.513. The maximum atomic E-state index is 12.6. The molecule has 0 saturated carbocycles. The standard InChI is InChI=1S/C22H19ClN2O5/c23-17-11-15(12-19-20(17)30-9-3-8-29-19)21(26)24-13-14-4-1-5-16(10-14)25-22(27)18-6-2-7-28-18/h1-2,4-7,10-12H,3,8-9,13H2,(H,24,26)(H,25,27). The molecule has 0 fully saturated rings. The molecule has 1 aromatic heterocycles. The lowest BCUT2D eigenvalue weighted by atomic mass is 10.1. The van der Waals surface area contributed by atoms with Gasteiger partial charge in [-0.2, -0.15) is 0 Å². The van der Waals surface area contributed by atoms with Crippen molar-refractivity contribution in [3.8, 4) is 11.5 Å². The van der Waals surface area contributed by atoms with Crippen LogP contribution >= 0.6 is 11.6 Å². The van der Waals surface area contributed by atoms with Gasteiger partial charge in [0.1, 0.15) is 0 Å². The maximum absolute atomic E-state index is 12.6. The predicted molar refractivity (Wildman–Crippen MR) is 111 cm³/mol. The first-order chi connectivity index (χ1) is 14.6. The topological polar surface area (TPSA) is 89.8 Å². The van der Waals surface area contributed by atoms with Crippen molar-refractivity contribution in [1.29, 1.82) is 0 Å². The number of nitrogens with one attached hydrogen (secondary N) is 2. The van der Waals surface area contributed by atoms with Crippen LogP contribution in [0.25, 0.3) is 0 Å². The van der Waals surface area contributed by atoms with Gasteiger partial charge in [-0.1, -0.05) is 23.7 Å². The van der Waals surface area contributed by atoms with Crippen LogP contribution in [0.4, 0.5) is 5.69 Å². The van der Waals surface area contributed by atoms with E-state index < -0.39 is 0 Å². The van der Waals surface area contributed by atoms with Crippen molar-refractivity contribution in [3.63, 3.8) is 0 Å². The molecule has 0 radical (unpaired) electrons. The van der Waals surface area contributed by atoms with Crippen molar-refractivity contribution in [2.75, 3.05) is 18.5 Å². The highest BCUT2D eigenvalue weighted by molar-refractivity contribution is 6.32. The number of hydrogen-bond acceptors (Lipinski definition) is 5. The number of rotatable bonds is 5. The molecule has 30 heavy (non-hydrogen) atoms. The van der Waals surface area contributed by atoms with Crippen molar-refractivity contribution in [1.82, 2.24) is 5.32 Å². The lowest BCUT2D eigenvalue weighted by molar-refractivity contribution is 0.0949. The summed E-state index contributed by atoms with van der Waals surface area (Å²) in [7, 11) is 0. The van der Waals surface area contributed by atoms with Crippen molar-refractivity contribution in [3.05, 3.63) is 76.7 Å². The van der Waals surface area contributed by atoms with Gasteiger partial charge in [-0.25, -0.2) is 0 Å². The second-order valence-electron chi connectivity index (χ2n) is 6.65. The molecule has 0 atom stereocenters. The Morgan fingerprint density at radius 1 is 1.00 bits per heavy atom. The number of anilines is 1. The minimum absolute atomic E-state index is 0.222. The van der Waals surface area contributed by atoms with Gasteiger partial charge in [-0.15, -0.1) is 0 Å². The number of carbonyl (C=O) groups is 2. The molecule has 1 aliphatic heterocycles. The highest BCUT2D eigenvalue weighted by atomic mass is 35.5. The van der Waals surface area contributed by atoms with Crippen molar-refractivity contribution < 1.29 is 23.5 Å². The first kappa shape index (κ1) is 19.8. The maximum Gasteiger partial charge on any atom is 0.291 e. The molecule has 7 nitrogen and oxygen atoms in total. The Hall–Kier alpha value is -3.45. The third-order valence-corrected chi connectivity index (χ3v) is 4.73. The summed E-state index contributed by atoms with van der Waals surface area (Å²) >= 11 is 6.26. The molecule has 8 heteroatoms. The van der Waals surface area contributed by atoms with Crippen LogP contribution < -0.4 is 20.1 Å². The van der Waals surface area contributed by atoms with E-state index in [0.29, 0.717) is 41.0 Å². The number of halogens is 1. The highest BCUT2D eigenvalue weighted by Crippen LogP contribution is 2.38. The summed E-state index contributed by atoms with van der Waals surface area (Å²) in [4.78, 5) is 24.7. The van der Waals surface area contributed by atoms with Gasteiger partial charge in [0.15, 0.2) is 17.3 Å². The molecule has 0 aliphatic carbocycles. The van der Waals surface area contributed by atoms with Gasteiger partial charge >= 0.3 is 0 Å². The SMILES string of the molecule is O=C(NCc1cccc(NC(=O)c2ccco2)c1)c1cc(Cl)c2c(c1)OCCCO2. The van der Waals surface area contributed by atoms with E-state index in [9.17, 15) is 9.59 Å². The Bertz CT molecular complexity index is 1070. The third kappa shape index (κ3) is 4.58. The fourth-order valence-corrected chi connectivity index (χ4v) is 3.27. The lowest BCUT2D eigenvalue weighted by Gasteiger charge is -2.12. The zero-order valence-electron chi connectivity index (χ0n) is 15.9. The van der Waals surface area contributed by atoms with Crippen molar-refractivity contribution in [2.24, 2.45) is 0 Å². The molecule has 2 amide bonds. The molecule has 2 aromatic carbocycles. The highest BCUT2D eigenvalue weighted by Gasteiger charge is 2.18. The van der Waals surface area contributed by atoms with E-state index in [1.165, 1.54) is 6.26 Å². The Labute approximate surface area is 177 Å². The van der Waals surface area contributed by atoms with Crippen LogP contribution in [-0.2, 0) is 6.54 Å². The van der Waals surface area contributed by atoms with E-state index in [1.807, 2.05) is 6.07 Å². The smallest absolute Gasteiger partial charge is 0.291 e. The third-order valence-electron chi connectivity index (χ3n) is 4.45. The molecule has 0 spiro atoms. The monoisotopic (exact) mass is 426 g/mol. The van der Waals surface area contributed by atoms with Gasteiger partial charge in [-0.3, -0.25) is 9.59 Å². The summed E-state index contributed by atoms with van der Waals surface area (Å²) in [6, 6.07) is 13.6. The Kier molecular flexibility index (Phi) is 5.90. The Morgan fingerprint density at radius 2 is 1.87 bits per heavy atom. The molecule has 0 saturated heterocycles. The van der Waals surface area contributed by atoms with E-state index in [0.717, 1.165) is 12.0 Å². The Morgan fingerprint density at radius 3 is 2.70 bits per heavy atom. The molecule has 2 N–H and O–H groups in total. The molecule has 0 bridgehead atoms. The molecule has 154 valence electrons. The van der Waals surface area contributed by atoms with Gasteiger partial charge in [0.2, 0.25) is 0 Å². The zero-order valence-corrected chi connectivity index (χ0v) is 16.7. The quantitative estimate of drug-likeness (QED) is 0.635. The van der Waals surface area contributed by atoms with E-state index in [1.54, 1.807) is 42.5 Å². The largest absolute Gasteiger partial charge is 0.489 e. The molecule has 1 aliphatic rings. The molecular formula is C22H19ClN2O5. The summed E-state index contributed by atoms with van der Waals surface area (Å²) in [6.07, 6.45) is 2.19. The summed E-state index contributed by atoms with van der Waals surface area (Å²) in [5.41, 5.74) is 1.80. The van der Waals surface area contributed by atoms with E-state index in [4.69, 9.17) is 25.5 Å². The number of carbonyl (C=O) groups excluding carboxylic acids is 2. The van der Waals surface area contributed by atoms with Crippen LogP contribution in [0.5, 0.6) is 11.5 Å². The number of amides is 2. The first-order valence-corrected chi connectivity index (χ1v) is 9.79. The van der Waals surface area contributed by atoms with Crippen molar-refractivity contribution in [2.45, 2.75) is 13.0 Å². The van der Waals surface area contributed by atoms with Gasteiger partial charge in [0, 0.05) is 24.2 Å². The average molecular weight is 427 g/mol. The normalized spacial score (nSPS) is 12.7. The van der Waals surface area contributed by atoms with E-state index in [2.05, 4.69) is 10.6 Å². The van der Waals surface area contributed by atoms with Gasteiger partial charge in [-0.05, 0) is 42.0 Å². The minimum Gasteiger partial charge on any atom is -0.489 e. The van der Waals surface area contributed by atoms with Crippen LogP contribution in [0.2, 0.25) is 5.02 Å². The van der Waals surface area contributed by atoms with Gasteiger partial charge in [0.25, 0.3) is 11.8 Å². The summed E-state index contributed by atoms with van der Waals surface area (Å²) < 4.78 is 16.3. The number of furan rings is 1. The van der Waals surface area contributed by atoms with Crippen LogP contribution in [0.3, 0.4) is 0 Å². The molecular weight excluding hydrogens is 408 g/mol. The zero-order chi connectivity index (χ0) is 20.9. The molecule has 3 aromatic rings. The number of benzene rings is 2. The first-order valence-electron chi connectivity index (χ1n) is 9.41. The van der Waals surface area contributed by atoms with Crippen LogP contribution in [0.15, 0.2) is 59.2 Å². The fourth-order valence-electron chi connectivity index (χ4n) is 3.01. The fraction of sp³-hybridized carbons (Fsp3) is 0.182. The number of hydrogen-bond donors (Lipinski definition) is 2. The van der Waals surface area contributed by atoms with Gasteiger partial charge in [0.05, 0.1) is 24.5 Å². The van der Waals surface area contributed by atoms with Gasteiger partial charge < -0.3 is 24.5 Å². The van der Waals surface area contributed by atoms with Crippen LogP contribution in [0, 0.1) is 0 Å². The van der Waals surface area contributed by atoms with Crippen LogP contribution in [-0.4, -0.2) is 25.0 Å².